The smallest absolute Gasteiger partial charge is 0.355 e. The summed E-state index contributed by atoms with van der Waals surface area (Å²) in [5, 5.41) is 16.3. The zero-order valence-corrected chi connectivity index (χ0v) is 12.8. The van der Waals surface area contributed by atoms with Gasteiger partial charge in [-0.25, -0.2) is 14.6 Å². The predicted molar refractivity (Wildman–Crippen MR) is 78.0 cm³/mol. The van der Waals surface area contributed by atoms with Gasteiger partial charge in [0, 0.05) is 11.4 Å². The van der Waals surface area contributed by atoms with Crippen LogP contribution >= 0.6 is 11.3 Å². The average Bonchev–Trinajstić information content (AvgIpc) is 2.83. The summed E-state index contributed by atoms with van der Waals surface area (Å²) in [5.41, 5.74) is 0.0116. The van der Waals surface area contributed by atoms with Crippen LogP contribution in [0.2, 0.25) is 0 Å². The quantitative estimate of drug-likeness (QED) is 0.721. The van der Waals surface area contributed by atoms with Gasteiger partial charge in [-0.15, -0.1) is 11.3 Å². The Labute approximate surface area is 122 Å². The van der Waals surface area contributed by atoms with E-state index in [0.29, 0.717) is 10.9 Å². The van der Waals surface area contributed by atoms with E-state index in [1.165, 1.54) is 16.7 Å². The summed E-state index contributed by atoms with van der Waals surface area (Å²) >= 11 is 1.22. The number of nitrogens with one attached hydrogen (secondary N) is 2. The molecule has 0 spiro atoms. The summed E-state index contributed by atoms with van der Waals surface area (Å²) in [5.74, 6) is -0.439. The van der Waals surface area contributed by atoms with Gasteiger partial charge in [0.25, 0.3) is 0 Å². The first-order chi connectivity index (χ1) is 9.38. The molecule has 1 unspecified atom stereocenters. The lowest BCUT2D eigenvalue weighted by atomic mass is 10.0. The summed E-state index contributed by atoms with van der Waals surface area (Å²) in [6.07, 6.45) is 2.00. The van der Waals surface area contributed by atoms with E-state index in [9.17, 15) is 9.59 Å². The number of aromatic nitrogens is 1. The maximum Gasteiger partial charge on any atom is 0.355 e. The SMILES string of the molecule is CC(C)CCC(C)NC(=O)NCc1nc(C(=O)O)cs1. The predicted octanol–water partition coefficient (Wildman–Crippen LogP) is 2.47. The zero-order chi connectivity index (χ0) is 15.1. The van der Waals surface area contributed by atoms with E-state index in [2.05, 4.69) is 29.5 Å². The number of thiazole rings is 1. The minimum atomic E-state index is -1.06. The van der Waals surface area contributed by atoms with E-state index in [1.807, 2.05) is 6.92 Å². The van der Waals surface area contributed by atoms with Gasteiger partial charge >= 0.3 is 12.0 Å². The van der Waals surface area contributed by atoms with E-state index in [1.54, 1.807) is 0 Å². The lowest BCUT2D eigenvalue weighted by molar-refractivity contribution is 0.0691. The molecule has 0 aromatic carbocycles. The van der Waals surface area contributed by atoms with Crippen molar-refractivity contribution in [3.8, 4) is 0 Å². The number of carboxylic acids is 1. The molecule has 0 radical (unpaired) electrons. The molecule has 1 heterocycles. The molecular formula is C13H21N3O3S. The lowest BCUT2D eigenvalue weighted by Crippen LogP contribution is -2.40. The van der Waals surface area contributed by atoms with Crippen LogP contribution in [0.5, 0.6) is 0 Å². The molecular weight excluding hydrogens is 278 g/mol. The van der Waals surface area contributed by atoms with Gasteiger partial charge in [0.05, 0.1) is 6.54 Å². The fourth-order valence-corrected chi connectivity index (χ4v) is 2.28. The topological polar surface area (TPSA) is 91.3 Å². The van der Waals surface area contributed by atoms with Crippen molar-refractivity contribution in [2.75, 3.05) is 0 Å². The molecule has 20 heavy (non-hydrogen) atoms. The highest BCUT2D eigenvalue weighted by Gasteiger charge is 2.11. The van der Waals surface area contributed by atoms with Gasteiger partial charge in [0.15, 0.2) is 5.69 Å². The molecule has 1 aromatic heterocycles. The van der Waals surface area contributed by atoms with Crippen molar-refractivity contribution in [3.63, 3.8) is 0 Å². The highest BCUT2D eigenvalue weighted by Crippen LogP contribution is 2.09. The number of amides is 2. The van der Waals surface area contributed by atoms with Gasteiger partial charge < -0.3 is 15.7 Å². The molecule has 0 saturated carbocycles. The van der Waals surface area contributed by atoms with Gasteiger partial charge in [0.1, 0.15) is 5.01 Å². The Balaban J connectivity index is 2.30. The third-order valence-electron chi connectivity index (χ3n) is 2.73. The second-order valence-corrected chi connectivity index (χ2v) is 6.07. The van der Waals surface area contributed by atoms with Gasteiger partial charge in [-0.3, -0.25) is 0 Å². The molecule has 6 nitrogen and oxygen atoms in total. The standard InChI is InChI=1S/C13H21N3O3S/c1-8(2)4-5-9(3)15-13(19)14-6-11-16-10(7-20-11)12(17)18/h7-9H,4-6H2,1-3H3,(H,17,18)(H2,14,15,19). The zero-order valence-electron chi connectivity index (χ0n) is 12.0. The van der Waals surface area contributed by atoms with Crippen molar-refractivity contribution in [2.45, 2.75) is 46.2 Å². The lowest BCUT2D eigenvalue weighted by Gasteiger charge is -2.15. The molecule has 3 N–H and O–H groups in total. The Kier molecular flexibility index (Phi) is 6.44. The van der Waals surface area contributed by atoms with Crippen molar-refractivity contribution >= 4 is 23.3 Å². The highest BCUT2D eigenvalue weighted by molar-refractivity contribution is 7.09. The molecule has 0 saturated heterocycles. The number of carbonyl (C=O) groups excluding carboxylic acids is 1. The molecule has 1 aromatic rings. The van der Waals surface area contributed by atoms with E-state index >= 15 is 0 Å². The Hall–Kier alpha value is -1.63. The van der Waals surface area contributed by atoms with Crippen LogP contribution in [-0.4, -0.2) is 28.1 Å². The Bertz CT molecular complexity index is 459. The molecule has 0 bridgehead atoms. The molecule has 0 aliphatic heterocycles. The van der Waals surface area contributed by atoms with Gasteiger partial charge in [-0.2, -0.15) is 0 Å². The van der Waals surface area contributed by atoms with Crippen LogP contribution in [0.4, 0.5) is 4.79 Å². The van der Waals surface area contributed by atoms with Gasteiger partial charge in [-0.1, -0.05) is 13.8 Å². The van der Waals surface area contributed by atoms with Crippen molar-refractivity contribution in [2.24, 2.45) is 5.92 Å². The normalized spacial score (nSPS) is 12.2. The van der Waals surface area contributed by atoms with Crippen molar-refractivity contribution in [1.29, 1.82) is 0 Å². The first kappa shape index (κ1) is 16.4. The molecule has 0 aliphatic rings. The van der Waals surface area contributed by atoms with Crippen molar-refractivity contribution in [3.05, 3.63) is 16.1 Å². The number of hydrogen-bond donors (Lipinski definition) is 3. The van der Waals surface area contributed by atoms with Crippen LogP contribution in [0, 0.1) is 5.92 Å². The third-order valence-corrected chi connectivity index (χ3v) is 3.57. The van der Waals surface area contributed by atoms with Gasteiger partial charge in [0.2, 0.25) is 0 Å². The fraction of sp³-hybridized carbons (Fsp3) is 0.615. The number of urea groups is 1. The van der Waals surface area contributed by atoms with E-state index in [0.717, 1.165) is 12.8 Å². The Morgan fingerprint density at radius 3 is 2.60 bits per heavy atom. The minimum Gasteiger partial charge on any atom is -0.476 e. The second kappa shape index (κ2) is 7.84. The van der Waals surface area contributed by atoms with E-state index in [-0.39, 0.29) is 24.3 Å². The minimum absolute atomic E-state index is 0.0116. The van der Waals surface area contributed by atoms with Crippen molar-refractivity contribution in [1.82, 2.24) is 15.6 Å². The number of rotatable bonds is 7. The molecule has 1 rings (SSSR count). The number of hydrogen-bond acceptors (Lipinski definition) is 4. The monoisotopic (exact) mass is 299 g/mol. The summed E-state index contributed by atoms with van der Waals surface area (Å²) in [4.78, 5) is 26.2. The molecule has 112 valence electrons. The van der Waals surface area contributed by atoms with Crippen LogP contribution in [0.3, 0.4) is 0 Å². The largest absolute Gasteiger partial charge is 0.476 e. The van der Waals surface area contributed by atoms with Crippen molar-refractivity contribution < 1.29 is 14.7 Å². The fourth-order valence-electron chi connectivity index (χ4n) is 1.58. The third kappa shape index (κ3) is 6.01. The first-order valence-electron chi connectivity index (χ1n) is 6.60. The van der Waals surface area contributed by atoms with Crippen LogP contribution in [0.15, 0.2) is 5.38 Å². The summed E-state index contributed by atoms with van der Waals surface area (Å²) in [7, 11) is 0. The van der Waals surface area contributed by atoms with Crippen LogP contribution in [0.25, 0.3) is 0 Å². The average molecular weight is 299 g/mol. The number of carbonyl (C=O) groups is 2. The van der Waals surface area contributed by atoms with Crippen LogP contribution in [0.1, 0.15) is 49.1 Å². The first-order valence-corrected chi connectivity index (χ1v) is 7.48. The van der Waals surface area contributed by atoms with E-state index < -0.39 is 5.97 Å². The molecule has 0 fully saturated rings. The Morgan fingerprint density at radius 1 is 1.35 bits per heavy atom. The number of carboxylic acid groups (broad SMARTS) is 1. The molecule has 0 aliphatic carbocycles. The maximum atomic E-state index is 11.7. The van der Waals surface area contributed by atoms with Crippen LogP contribution < -0.4 is 10.6 Å². The summed E-state index contributed by atoms with van der Waals surface area (Å²) < 4.78 is 0. The highest BCUT2D eigenvalue weighted by atomic mass is 32.1. The summed E-state index contributed by atoms with van der Waals surface area (Å²) in [6, 6.07) is -0.142. The van der Waals surface area contributed by atoms with Crippen LogP contribution in [-0.2, 0) is 6.54 Å². The maximum absolute atomic E-state index is 11.7. The second-order valence-electron chi connectivity index (χ2n) is 5.13. The number of aromatic carboxylic acids is 1. The molecule has 1 atom stereocenters. The molecule has 2 amide bonds. The van der Waals surface area contributed by atoms with E-state index in [4.69, 9.17) is 5.11 Å². The number of nitrogens with zero attached hydrogens (tertiary/aromatic N) is 1. The molecule has 7 heteroatoms. The Morgan fingerprint density at radius 2 is 2.05 bits per heavy atom. The summed E-state index contributed by atoms with van der Waals surface area (Å²) in [6.45, 7) is 6.50. The van der Waals surface area contributed by atoms with Gasteiger partial charge in [-0.05, 0) is 25.7 Å².